The molecule has 1 saturated heterocycles. The van der Waals surface area contributed by atoms with Gasteiger partial charge in [0, 0.05) is 6.04 Å². The van der Waals surface area contributed by atoms with Gasteiger partial charge in [0.2, 0.25) is 0 Å². The first-order valence-electron chi connectivity index (χ1n) is 8.70. The molecule has 1 aliphatic rings. The van der Waals surface area contributed by atoms with Crippen LogP contribution in [0.4, 0.5) is 0 Å². The van der Waals surface area contributed by atoms with Crippen LogP contribution in [-0.2, 0) is 35.6 Å². The number of hydrogen-bond acceptors (Lipinski definition) is 8. The second kappa shape index (κ2) is 8.73. The number of esters is 1. The molecule has 0 spiro atoms. The number of methoxy groups -OCH3 is 1. The van der Waals surface area contributed by atoms with Gasteiger partial charge in [0.1, 0.15) is 10.3 Å². The Kier molecular flexibility index (Phi) is 6.69. The fourth-order valence-electron chi connectivity index (χ4n) is 3.34. The Balaban J connectivity index is 1.89. The second-order valence-electron chi connectivity index (χ2n) is 6.76. The molecule has 0 radical (unpaired) electrons. The van der Waals surface area contributed by atoms with Crippen molar-refractivity contribution in [3.05, 3.63) is 52.4 Å². The minimum atomic E-state index is -3.95. The highest BCUT2D eigenvalue weighted by Gasteiger charge is 2.47. The fourth-order valence-corrected chi connectivity index (χ4v) is 9.72. The SMILES string of the molecule is COC(=O)[C@H](Cc1ccccc1)N[C@H]1CS(=O)(=O)C[C@@H]1S(=O)(=O)c1ccc(Cl)s1. The van der Waals surface area contributed by atoms with Crippen molar-refractivity contribution >= 4 is 48.6 Å². The Morgan fingerprint density at radius 1 is 1.24 bits per heavy atom. The zero-order valence-corrected chi connectivity index (χ0v) is 18.7. The van der Waals surface area contributed by atoms with Crippen LogP contribution in [0.3, 0.4) is 0 Å². The lowest BCUT2D eigenvalue weighted by Gasteiger charge is -2.24. The number of carbonyl (C=O) groups excluding carboxylic acids is 1. The lowest BCUT2D eigenvalue weighted by Crippen LogP contribution is -2.51. The van der Waals surface area contributed by atoms with E-state index in [1.807, 2.05) is 30.3 Å². The first kappa shape index (κ1) is 22.2. The van der Waals surface area contributed by atoms with Crippen LogP contribution in [0.5, 0.6) is 0 Å². The fraction of sp³-hybridized carbons (Fsp3) is 0.389. The van der Waals surface area contributed by atoms with E-state index < -0.39 is 48.7 Å². The van der Waals surface area contributed by atoms with Gasteiger partial charge in [-0.1, -0.05) is 41.9 Å². The highest BCUT2D eigenvalue weighted by atomic mass is 35.5. The molecule has 29 heavy (non-hydrogen) atoms. The predicted octanol–water partition coefficient (Wildman–Crippen LogP) is 1.71. The number of hydrogen-bond donors (Lipinski definition) is 1. The molecule has 0 saturated carbocycles. The average Bonchev–Trinajstić information content (AvgIpc) is 3.24. The summed E-state index contributed by atoms with van der Waals surface area (Å²) < 4.78 is 55.8. The number of halogens is 1. The van der Waals surface area contributed by atoms with Crippen LogP contribution >= 0.6 is 22.9 Å². The summed E-state index contributed by atoms with van der Waals surface area (Å²) in [5, 5.41) is 1.72. The third kappa shape index (κ3) is 5.18. The summed E-state index contributed by atoms with van der Waals surface area (Å²) in [6, 6.07) is 10.1. The summed E-state index contributed by atoms with van der Waals surface area (Å²) in [5.41, 5.74) is 0.834. The zero-order valence-electron chi connectivity index (χ0n) is 15.4. The quantitative estimate of drug-likeness (QED) is 0.605. The molecule has 2 heterocycles. The zero-order chi connectivity index (χ0) is 21.2. The molecular weight excluding hydrogens is 458 g/mol. The van der Waals surface area contributed by atoms with Crippen molar-refractivity contribution in [3.63, 3.8) is 0 Å². The van der Waals surface area contributed by atoms with Crippen molar-refractivity contribution in [1.29, 1.82) is 0 Å². The van der Waals surface area contributed by atoms with Gasteiger partial charge >= 0.3 is 5.97 Å². The van der Waals surface area contributed by atoms with Crippen molar-refractivity contribution in [1.82, 2.24) is 5.32 Å². The van der Waals surface area contributed by atoms with Gasteiger partial charge in [-0.3, -0.25) is 10.1 Å². The average molecular weight is 478 g/mol. The van der Waals surface area contributed by atoms with Gasteiger partial charge in [-0.15, -0.1) is 11.3 Å². The Morgan fingerprint density at radius 2 is 1.93 bits per heavy atom. The summed E-state index contributed by atoms with van der Waals surface area (Å²) in [5.74, 6) is -1.48. The minimum Gasteiger partial charge on any atom is -0.468 e. The van der Waals surface area contributed by atoms with Crippen molar-refractivity contribution in [2.75, 3.05) is 18.6 Å². The molecule has 2 aromatic rings. The van der Waals surface area contributed by atoms with E-state index in [2.05, 4.69) is 5.32 Å². The standard InChI is InChI=1S/C18H20ClNO6S3/c1-26-18(21)13(9-12-5-3-2-4-6-12)20-14-10-28(22,23)11-15(14)29(24,25)17-8-7-16(19)27-17/h2-8,13-15,20H,9-11H2,1H3/t13-,14-,15-/m0/s1. The van der Waals surface area contributed by atoms with Crippen molar-refractivity contribution in [2.45, 2.75) is 28.0 Å². The van der Waals surface area contributed by atoms with Gasteiger partial charge in [0.25, 0.3) is 0 Å². The molecular formula is C18H20ClNO6S3. The largest absolute Gasteiger partial charge is 0.468 e. The van der Waals surface area contributed by atoms with Crippen LogP contribution < -0.4 is 5.32 Å². The summed E-state index contributed by atoms with van der Waals surface area (Å²) in [6.45, 7) is 0. The molecule has 1 aromatic carbocycles. The smallest absolute Gasteiger partial charge is 0.323 e. The summed E-state index contributed by atoms with van der Waals surface area (Å²) in [4.78, 5) is 12.3. The number of thiophene rings is 1. The Morgan fingerprint density at radius 3 is 2.52 bits per heavy atom. The highest BCUT2D eigenvalue weighted by Crippen LogP contribution is 2.32. The van der Waals surface area contributed by atoms with Gasteiger partial charge in [-0.05, 0) is 24.1 Å². The van der Waals surface area contributed by atoms with Gasteiger partial charge in [0.15, 0.2) is 19.7 Å². The summed E-state index contributed by atoms with van der Waals surface area (Å²) in [6.07, 6.45) is 0.238. The predicted molar refractivity (Wildman–Crippen MR) is 112 cm³/mol. The second-order valence-corrected chi connectivity index (χ2v) is 13.0. The van der Waals surface area contributed by atoms with E-state index in [4.69, 9.17) is 16.3 Å². The Labute approximate surface area is 178 Å². The van der Waals surface area contributed by atoms with E-state index in [9.17, 15) is 21.6 Å². The molecule has 0 unspecified atom stereocenters. The minimum absolute atomic E-state index is 0.00841. The molecule has 0 amide bonds. The van der Waals surface area contributed by atoms with Crippen LogP contribution in [0.1, 0.15) is 5.56 Å². The van der Waals surface area contributed by atoms with Gasteiger partial charge in [0.05, 0.1) is 28.2 Å². The first-order chi connectivity index (χ1) is 13.6. The molecule has 3 rings (SSSR count). The molecule has 0 bridgehead atoms. The normalized spacial score (nSPS) is 22.3. The highest BCUT2D eigenvalue weighted by molar-refractivity contribution is 7.97. The number of rotatable bonds is 7. The maximum Gasteiger partial charge on any atom is 0.323 e. The van der Waals surface area contributed by atoms with Crippen LogP contribution in [0.2, 0.25) is 4.34 Å². The van der Waals surface area contributed by atoms with Crippen LogP contribution in [0.25, 0.3) is 0 Å². The first-order valence-corrected chi connectivity index (χ1v) is 13.3. The molecule has 0 aliphatic carbocycles. The summed E-state index contributed by atoms with van der Waals surface area (Å²) in [7, 11) is -6.32. The van der Waals surface area contributed by atoms with Gasteiger partial charge in [-0.25, -0.2) is 16.8 Å². The number of benzene rings is 1. The van der Waals surface area contributed by atoms with Crippen LogP contribution in [0, 0.1) is 0 Å². The molecule has 1 aliphatic heterocycles. The molecule has 7 nitrogen and oxygen atoms in total. The molecule has 1 fully saturated rings. The van der Waals surface area contributed by atoms with Crippen molar-refractivity contribution < 1.29 is 26.4 Å². The van der Waals surface area contributed by atoms with E-state index in [0.29, 0.717) is 4.34 Å². The van der Waals surface area contributed by atoms with Crippen LogP contribution in [0.15, 0.2) is 46.7 Å². The van der Waals surface area contributed by atoms with E-state index in [1.165, 1.54) is 19.2 Å². The molecule has 3 atom stereocenters. The Hall–Kier alpha value is -1.46. The summed E-state index contributed by atoms with van der Waals surface area (Å²) >= 11 is 6.74. The molecule has 1 aromatic heterocycles. The van der Waals surface area contributed by atoms with Gasteiger partial charge in [-0.2, -0.15) is 0 Å². The lowest BCUT2D eigenvalue weighted by atomic mass is 10.0. The number of sulfone groups is 2. The van der Waals surface area contributed by atoms with Crippen LogP contribution in [-0.4, -0.2) is 58.8 Å². The monoisotopic (exact) mass is 477 g/mol. The van der Waals surface area contributed by atoms with E-state index in [0.717, 1.165) is 16.9 Å². The Bertz CT molecular complexity index is 1080. The third-order valence-corrected chi connectivity index (χ3v) is 10.6. The molecule has 158 valence electrons. The third-order valence-electron chi connectivity index (χ3n) is 4.71. The maximum atomic E-state index is 13.1. The topological polar surface area (TPSA) is 107 Å². The molecule has 11 heteroatoms. The lowest BCUT2D eigenvalue weighted by molar-refractivity contribution is -0.143. The van der Waals surface area contributed by atoms with Crippen molar-refractivity contribution in [3.8, 4) is 0 Å². The number of nitrogens with one attached hydrogen (secondary N) is 1. The van der Waals surface area contributed by atoms with E-state index in [-0.39, 0.29) is 16.4 Å². The number of ether oxygens (including phenoxy) is 1. The van der Waals surface area contributed by atoms with Gasteiger partial charge < -0.3 is 4.74 Å². The van der Waals surface area contributed by atoms with E-state index in [1.54, 1.807) is 0 Å². The number of carbonyl (C=O) groups is 1. The molecule has 1 N–H and O–H groups in total. The maximum absolute atomic E-state index is 13.1. The van der Waals surface area contributed by atoms with E-state index >= 15 is 0 Å². The van der Waals surface area contributed by atoms with Crippen molar-refractivity contribution in [2.24, 2.45) is 0 Å².